The van der Waals surface area contributed by atoms with Crippen molar-refractivity contribution in [1.82, 2.24) is 0 Å². The van der Waals surface area contributed by atoms with Crippen LogP contribution in [-0.4, -0.2) is 18.8 Å². The molecule has 0 aliphatic carbocycles. The summed E-state index contributed by atoms with van der Waals surface area (Å²) in [7, 11) is -1.94. The van der Waals surface area contributed by atoms with Crippen molar-refractivity contribution in [2.45, 2.75) is 38.9 Å². The average Bonchev–Trinajstić information content (AvgIpc) is 1.82. The minimum Gasteiger partial charge on any atom is -0.290 e. The Morgan fingerprint density at radius 3 is 2.58 bits per heavy atom. The van der Waals surface area contributed by atoms with E-state index in [1.165, 1.54) is 7.11 Å². The van der Waals surface area contributed by atoms with Gasteiger partial charge < -0.3 is 0 Å². The molecule has 0 bridgehead atoms. The molecule has 12 heavy (non-hydrogen) atoms. The van der Waals surface area contributed by atoms with Crippen LogP contribution < -0.4 is 0 Å². The van der Waals surface area contributed by atoms with Gasteiger partial charge in [-0.3, -0.25) is 13.6 Å². The van der Waals surface area contributed by atoms with E-state index in [4.69, 9.17) is 13.6 Å². The summed E-state index contributed by atoms with van der Waals surface area (Å²) in [4.78, 5) is 0. The molecule has 2 atom stereocenters. The van der Waals surface area contributed by atoms with Crippen LogP contribution in [0.15, 0.2) is 0 Å². The molecule has 1 aliphatic heterocycles. The van der Waals surface area contributed by atoms with E-state index >= 15 is 0 Å². The van der Waals surface area contributed by atoms with Crippen LogP contribution in [-0.2, 0) is 18.1 Å². The Morgan fingerprint density at radius 2 is 2.17 bits per heavy atom. The summed E-state index contributed by atoms with van der Waals surface area (Å²) in [6, 6.07) is 0. The van der Waals surface area contributed by atoms with Crippen molar-refractivity contribution in [2.75, 3.05) is 7.11 Å². The van der Waals surface area contributed by atoms with Gasteiger partial charge in [0.05, 0.1) is 11.7 Å². The van der Waals surface area contributed by atoms with Gasteiger partial charge in [-0.15, -0.1) is 0 Å². The Bertz CT molecular complexity index is 213. The predicted molar refractivity (Wildman–Crippen MR) is 44.9 cm³/mol. The van der Waals surface area contributed by atoms with E-state index in [1.807, 2.05) is 20.8 Å². The molecule has 0 aromatic carbocycles. The molecule has 0 N–H and O–H groups in total. The number of phosphoric acid groups is 1. The molecule has 0 amide bonds. The molecule has 72 valence electrons. The highest BCUT2D eigenvalue weighted by Gasteiger charge is 2.42. The van der Waals surface area contributed by atoms with Crippen molar-refractivity contribution in [3.05, 3.63) is 0 Å². The monoisotopic (exact) mass is 194 g/mol. The third-order valence-corrected chi connectivity index (χ3v) is 3.45. The first-order valence-electron chi connectivity index (χ1n) is 3.92. The summed E-state index contributed by atoms with van der Waals surface area (Å²) in [5.41, 5.74) is -0.427. The molecular weight excluding hydrogens is 179 g/mol. The van der Waals surface area contributed by atoms with Gasteiger partial charge in [-0.2, -0.15) is 0 Å². The van der Waals surface area contributed by atoms with Crippen LogP contribution in [0.1, 0.15) is 27.2 Å². The van der Waals surface area contributed by atoms with Crippen molar-refractivity contribution >= 4 is 7.82 Å². The summed E-state index contributed by atoms with van der Waals surface area (Å²) in [6.07, 6.45) is 0.639. The summed E-state index contributed by atoms with van der Waals surface area (Å²) in [6.45, 7) is 5.60. The maximum atomic E-state index is 11.6. The Labute approximate surface area is 72.8 Å². The Hall–Kier alpha value is 0.110. The molecule has 0 aromatic rings. The van der Waals surface area contributed by atoms with Crippen molar-refractivity contribution in [3.63, 3.8) is 0 Å². The maximum Gasteiger partial charge on any atom is 0.475 e. The van der Waals surface area contributed by atoms with Gasteiger partial charge in [-0.1, -0.05) is 0 Å². The first-order chi connectivity index (χ1) is 5.37. The fraction of sp³-hybridized carbons (Fsp3) is 1.00. The van der Waals surface area contributed by atoms with E-state index < -0.39 is 13.4 Å². The molecule has 0 aromatic heterocycles. The third-order valence-electron chi connectivity index (χ3n) is 1.67. The zero-order valence-corrected chi connectivity index (χ0v) is 8.76. The van der Waals surface area contributed by atoms with Gasteiger partial charge in [-0.05, 0) is 20.8 Å². The highest BCUT2D eigenvalue weighted by Crippen LogP contribution is 2.57. The van der Waals surface area contributed by atoms with Gasteiger partial charge in [0.15, 0.2) is 0 Å². The lowest BCUT2D eigenvalue weighted by molar-refractivity contribution is -0.0425. The van der Waals surface area contributed by atoms with Crippen LogP contribution in [0, 0.1) is 0 Å². The molecule has 1 saturated heterocycles. The van der Waals surface area contributed by atoms with E-state index in [9.17, 15) is 4.57 Å². The average molecular weight is 194 g/mol. The van der Waals surface area contributed by atoms with Gasteiger partial charge in [0.2, 0.25) is 0 Å². The summed E-state index contributed by atoms with van der Waals surface area (Å²) < 4.78 is 26.5. The van der Waals surface area contributed by atoms with Crippen LogP contribution in [0.2, 0.25) is 0 Å². The molecule has 0 spiro atoms. The quantitative estimate of drug-likeness (QED) is 0.601. The predicted octanol–water partition coefficient (Wildman–Crippen LogP) is 2.34. The second kappa shape index (κ2) is 3.11. The zero-order valence-electron chi connectivity index (χ0n) is 7.86. The lowest BCUT2D eigenvalue weighted by Crippen LogP contribution is -2.34. The molecule has 0 unspecified atom stereocenters. The molecule has 1 heterocycles. The zero-order chi connectivity index (χ0) is 9.41. The standard InChI is InChI=1S/C7H15O4P/c1-6-5-7(2,3)11-12(8,9-4)10-6/h6H,5H2,1-4H3/t6-,12+/m0/s1. The van der Waals surface area contributed by atoms with Crippen LogP contribution in [0.25, 0.3) is 0 Å². The number of rotatable bonds is 1. The van der Waals surface area contributed by atoms with Gasteiger partial charge in [0, 0.05) is 13.5 Å². The van der Waals surface area contributed by atoms with E-state index in [1.54, 1.807) is 0 Å². The van der Waals surface area contributed by atoms with Crippen molar-refractivity contribution in [2.24, 2.45) is 0 Å². The van der Waals surface area contributed by atoms with Crippen LogP contribution in [0.4, 0.5) is 0 Å². The van der Waals surface area contributed by atoms with Gasteiger partial charge >= 0.3 is 7.82 Å². The Kier molecular flexibility index (Phi) is 2.64. The Balaban J connectivity index is 2.77. The summed E-state index contributed by atoms with van der Waals surface area (Å²) in [5, 5.41) is 0. The van der Waals surface area contributed by atoms with Crippen LogP contribution in [0.3, 0.4) is 0 Å². The first-order valence-corrected chi connectivity index (χ1v) is 5.38. The highest BCUT2D eigenvalue weighted by molar-refractivity contribution is 7.48. The topological polar surface area (TPSA) is 44.8 Å². The smallest absolute Gasteiger partial charge is 0.290 e. The van der Waals surface area contributed by atoms with Crippen LogP contribution in [0.5, 0.6) is 0 Å². The van der Waals surface area contributed by atoms with Crippen molar-refractivity contribution in [3.8, 4) is 0 Å². The fourth-order valence-electron chi connectivity index (χ4n) is 1.39. The Morgan fingerprint density at radius 1 is 1.58 bits per heavy atom. The van der Waals surface area contributed by atoms with Crippen molar-refractivity contribution in [1.29, 1.82) is 0 Å². The number of hydrogen-bond donors (Lipinski definition) is 0. The molecule has 1 rings (SSSR count). The van der Waals surface area contributed by atoms with Crippen LogP contribution >= 0.6 is 7.82 Å². The SMILES string of the molecule is CO[P@]1(=O)O[C@@H](C)CC(C)(C)O1. The lowest BCUT2D eigenvalue weighted by Gasteiger charge is -2.37. The highest BCUT2D eigenvalue weighted by atomic mass is 31.2. The molecule has 1 aliphatic rings. The molecule has 1 fully saturated rings. The van der Waals surface area contributed by atoms with E-state index in [-0.39, 0.29) is 6.10 Å². The second-order valence-corrected chi connectivity index (χ2v) is 5.25. The largest absolute Gasteiger partial charge is 0.475 e. The molecule has 5 heteroatoms. The minimum absolute atomic E-state index is 0.0838. The number of hydrogen-bond acceptors (Lipinski definition) is 4. The molecule has 4 nitrogen and oxygen atoms in total. The molecular formula is C7H15O4P. The lowest BCUT2D eigenvalue weighted by atomic mass is 10.0. The van der Waals surface area contributed by atoms with Crippen molar-refractivity contribution < 1.29 is 18.1 Å². The maximum absolute atomic E-state index is 11.6. The second-order valence-electron chi connectivity index (χ2n) is 3.60. The normalized spacial score (nSPS) is 41.2. The molecule has 0 radical (unpaired) electrons. The number of phosphoric ester groups is 1. The van der Waals surface area contributed by atoms with E-state index in [2.05, 4.69) is 0 Å². The molecule has 0 saturated carbocycles. The van der Waals surface area contributed by atoms with E-state index in [0.717, 1.165) is 6.42 Å². The van der Waals surface area contributed by atoms with E-state index in [0.29, 0.717) is 0 Å². The first kappa shape index (κ1) is 10.2. The summed E-state index contributed by atoms with van der Waals surface area (Å²) in [5.74, 6) is 0. The van der Waals surface area contributed by atoms with Gasteiger partial charge in [-0.25, -0.2) is 4.57 Å². The summed E-state index contributed by atoms with van der Waals surface area (Å²) >= 11 is 0. The van der Waals surface area contributed by atoms with Gasteiger partial charge in [0.25, 0.3) is 0 Å². The van der Waals surface area contributed by atoms with Gasteiger partial charge in [0.1, 0.15) is 0 Å². The fourth-order valence-corrected chi connectivity index (χ4v) is 2.79. The minimum atomic E-state index is -3.27. The third kappa shape index (κ3) is 2.30.